The highest BCUT2D eigenvalue weighted by Crippen LogP contribution is 2.27. The topological polar surface area (TPSA) is 98.1 Å². The van der Waals surface area contributed by atoms with Crippen LogP contribution in [0.2, 0.25) is 0 Å². The van der Waals surface area contributed by atoms with Gasteiger partial charge in [-0.3, -0.25) is 14.7 Å². The predicted molar refractivity (Wildman–Crippen MR) is 123 cm³/mol. The zero-order valence-electron chi connectivity index (χ0n) is 18.8. The standard InChI is InChI=1S/C23H30FN5O3S/c1-15-5-2-3-7-19(15)25-22(31)26-20(30)14-33-23-28-27-21(16-8-10-17(24)11-9-16)29(23)13-18-6-4-12-32-18/h8-11,15,18-19H,2-7,12-14H2,1H3,(H2,25,26,30,31). The SMILES string of the molecule is CC1CCCCC1NC(=O)NC(=O)CSc1nnc(-c2ccc(F)cc2)n1CC1CCCO1. The maximum atomic E-state index is 13.4. The number of rotatable bonds is 7. The summed E-state index contributed by atoms with van der Waals surface area (Å²) in [7, 11) is 0. The molecule has 3 unspecified atom stereocenters. The van der Waals surface area contributed by atoms with Gasteiger partial charge in [0.05, 0.1) is 18.4 Å². The van der Waals surface area contributed by atoms with Crippen LogP contribution in [0.5, 0.6) is 0 Å². The molecule has 1 saturated carbocycles. The summed E-state index contributed by atoms with van der Waals surface area (Å²) in [5.41, 5.74) is 0.735. The number of aromatic nitrogens is 3. The summed E-state index contributed by atoms with van der Waals surface area (Å²) >= 11 is 1.21. The predicted octanol–water partition coefficient (Wildman–Crippen LogP) is 3.76. The van der Waals surface area contributed by atoms with Gasteiger partial charge in [-0.1, -0.05) is 31.5 Å². The van der Waals surface area contributed by atoms with Crippen LogP contribution in [0.15, 0.2) is 29.4 Å². The molecule has 1 aromatic heterocycles. The van der Waals surface area contributed by atoms with E-state index in [-0.39, 0.29) is 23.7 Å². The molecule has 2 N–H and O–H groups in total. The Bertz CT molecular complexity index is 962. The fourth-order valence-corrected chi connectivity index (χ4v) is 5.14. The molecule has 1 aliphatic carbocycles. The number of hydrogen-bond donors (Lipinski definition) is 2. The number of nitrogens with one attached hydrogen (secondary N) is 2. The first kappa shape index (κ1) is 23.7. The van der Waals surface area contributed by atoms with E-state index < -0.39 is 11.9 Å². The normalized spacial score (nSPS) is 22.8. The second-order valence-electron chi connectivity index (χ2n) is 8.74. The van der Waals surface area contributed by atoms with Gasteiger partial charge in [0.2, 0.25) is 5.91 Å². The maximum Gasteiger partial charge on any atom is 0.321 e. The quantitative estimate of drug-likeness (QED) is 0.592. The zero-order chi connectivity index (χ0) is 23.2. The zero-order valence-corrected chi connectivity index (χ0v) is 19.6. The lowest BCUT2D eigenvalue weighted by Gasteiger charge is -2.29. The van der Waals surface area contributed by atoms with Crippen molar-refractivity contribution in [3.8, 4) is 11.4 Å². The molecule has 2 aromatic rings. The van der Waals surface area contributed by atoms with Crippen molar-refractivity contribution in [2.45, 2.75) is 69.3 Å². The molecule has 2 fully saturated rings. The molecule has 1 saturated heterocycles. The van der Waals surface area contributed by atoms with Crippen LogP contribution in [0, 0.1) is 11.7 Å². The molecular formula is C23H30FN5O3S. The third-order valence-corrected chi connectivity index (χ3v) is 7.21. The number of urea groups is 1. The molecule has 2 aliphatic rings. The molecule has 0 radical (unpaired) electrons. The Labute approximate surface area is 197 Å². The first-order valence-electron chi connectivity index (χ1n) is 11.5. The number of hydrogen-bond acceptors (Lipinski definition) is 6. The molecule has 1 aliphatic heterocycles. The number of thioether (sulfide) groups is 1. The average Bonchev–Trinajstić information content (AvgIpc) is 3.45. The van der Waals surface area contributed by atoms with Crippen LogP contribution in [0.1, 0.15) is 45.4 Å². The number of amides is 3. The molecule has 10 heteroatoms. The van der Waals surface area contributed by atoms with Crippen molar-refractivity contribution in [1.29, 1.82) is 0 Å². The minimum absolute atomic E-state index is 0.0285. The summed E-state index contributed by atoms with van der Waals surface area (Å²) in [6.07, 6.45) is 6.28. The molecule has 2 heterocycles. The molecular weight excluding hydrogens is 445 g/mol. The maximum absolute atomic E-state index is 13.4. The Balaban J connectivity index is 1.38. The highest BCUT2D eigenvalue weighted by atomic mass is 32.2. The van der Waals surface area contributed by atoms with Gasteiger partial charge in [0.25, 0.3) is 0 Å². The number of benzene rings is 1. The summed E-state index contributed by atoms with van der Waals surface area (Å²) in [5, 5.41) is 14.4. The number of halogens is 1. The van der Waals surface area contributed by atoms with Crippen LogP contribution in [-0.2, 0) is 16.1 Å². The summed E-state index contributed by atoms with van der Waals surface area (Å²) in [4.78, 5) is 24.7. The molecule has 0 bridgehead atoms. The van der Waals surface area contributed by atoms with Crippen molar-refractivity contribution in [3.05, 3.63) is 30.1 Å². The van der Waals surface area contributed by atoms with Gasteiger partial charge in [-0.25, -0.2) is 9.18 Å². The first-order valence-corrected chi connectivity index (χ1v) is 12.5. The van der Waals surface area contributed by atoms with Crippen molar-refractivity contribution in [3.63, 3.8) is 0 Å². The van der Waals surface area contributed by atoms with E-state index in [1.54, 1.807) is 12.1 Å². The number of carbonyl (C=O) groups excluding carboxylic acids is 2. The molecule has 4 rings (SSSR count). The number of ether oxygens (including phenoxy) is 1. The fourth-order valence-electron chi connectivity index (χ4n) is 4.39. The van der Waals surface area contributed by atoms with E-state index in [2.05, 4.69) is 27.8 Å². The largest absolute Gasteiger partial charge is 0.376 e. The summed E-state index contributed by atoms with van der Waals surface area (Å²) in [6, 6.07) is 5.73. The highest BCUT2D eigenvalue weighted by Gasteiger charge is 2.25. The Morgan fingerprint density at radius 2 is 1.94 bits per heavy atom. The third kappa shape index (κ3) is 6.32. The molecule has 3 amide bonds. The van der Waals surface area contributed by atoms with Crippen LogP contribution < -0.4 is 10.6 Å². The average molecular weight is 476 g/mol. The van der Waals surface area contributed by atoms with E-state index in [4.69, 9.17) is 4.74 Å². The van der Waals surface area contributed by atoms with Crippen molar-refractivity contribution in [2.75, 3.05) is 12.4 Å². The van der Waals surface area contributed by atoms with Crippen LogP contribution in [-0.4, -0.2) is 51.2 Å². The monoisotopic (exact) mass is 475 g/mol. The molecule has 178 valence electrons. The van der Waals surface area contributed by atoms with Crippen LogP contribution >= 0.6 is 11.8 Å². The third-order valence-electron chi connectivity index (χ3n) is 6.24. The van der Waals surface area contributed by atoms with Gasteiger partial charge in [0.15, 0.2) is 11.0 Å². The van der Waals surface area contributed by atoms with Gasteiger partial charge < -0.3 is 10.1 Å². The lowest BCUT2D eigenvalue weighted by atomic mass is 9.86. The van der Waals surface area contributed by atoms with E-state index in [1.807, 2.05) is 4.57 Å². The van der Waals surface area contributed by atoms with E-state index in [1.165, 1.54) is 30.3 Å². The molecule has 3 atom stereocenters. The second-order valence-corrected chi connectivity index (χ2v) is 9.68. The highest BCUT2D eigenvalue weighted by molar-refractivity contribution is 7.99. The second kappa shape index (κ2) is 11.1. The smallest absolute Gasteiger partial charge is 0.321 e. The minimum atomic E-state index is -0.452. The number of nitrogens with zero attached hydrogens (tertiary/aromatic N) is 3. The Morgan fingerprint density at radius 1 is 1.15 bits per heavy atom. The van der Waals surface area contributed by atoms with Crippen molar-refractivity contribution < 1.29 is 18.7 Å². The summed E-state index contributed by atoms with van der Waals surface area (Å²) in [6.45, 7) is 3.39. The van der Waals surface area contributed by atoms with Crippen molar-refractivity contribution >= 4 is 23.7 Å². The molecule has 1 aromatic carbocycles. The van der Waals surface area contributed by atoms with Crippen LogP contribution in [0.4, 0.5) is 9.18 Å². The Hall–Kier alpha value is -2.46. The van der Waals surface area contributed by atoms with Gasteiger partial charge in [0.1, 0.15) is 5.82 Å². The Kier molecular flexibility index (Phi) is 7.97. The summed E-state index contributed by atoms with van der Waals surface area (Å²) in [5.74, 6) is 0.320. The fraction of sp³-hybridized carbons (Fsp3) is 0.565. The van der Waals surface area contributed by atoms with Gasteiger partial charge >= 0.3 is 6.03 Å². The molecule has 0 spiro atoms. The van der Waals surface area contributed by atoms with Gasteiger partial charge in [-0.05, 0) is 55.9 Å². The minimum Gasteiger partial charge on any atom is -0.376 e. The lowest BCUT2D eigenvalue weighted by molar-refractivity contribution is -0.117. The van der Waals surface area contributed by atoms with E-state index in [0.29, 0.717) is 23.4 Å². The van der Waals surface area contributed by atoms with E-state index in [0.717, 1.165) is 44.3 Å². The van der Waals surface area contributed by atoms with E-state index >= 15 is 0 Å². The van der Waals surface area contributed by atoms with Crippen LogP contribution in [0.25, 0.3) is 11.4 Å². The summed E-state index contributed by atoms with van der Waals surface area (Å²) < 4.78 is 21.1. The van der Waals surface area contributed by atoms with Gasteiger partial charge in [0, 0.05) is 18.2 Å². The van der Waals surface area contributed by atoms with Crippen molar-refractivity contribution in [2.24, 2.45) is 5.92 Å². The number of imide groups is 1. The molecule has 8 nitrogen and oxygen atoms in total. The Morgan fingerprint density at radius 3 is 2.67 bits per heavy atom. The molecule has 33 heavy (non-hydrogen) atoms. The van der Waals surface area contributed by atoms with E-state index in [9.17, 15) is 14.0 Å². The van der Waals surface area contributed by atoms with Crippen LogP contribution in [0.3, 0.4) is 0 Å². The first-order chi connectivity index (χ1) is 16.0. The lowest BCUT2D eigenvalue weighted by Crippen LogP contribution is -2.48. The van der Waals surface area contributed by atoms with Gasteiger partial charge in [-0.2, -0.15) is 0 Å². The number of carbonyl (C=O) groups is 2. The van der Waals surface area contributed by atoms with Gasteiger partial charge in [-0.15, -0.1) is 10.2 Å². The van der Waals surface area contributed by atoms with Crippen molar-refractivity contribution in [1.82, 2.24) is 25.4 Å².